The third kappa shape index (κ3) is 5.72. The molecule has 1 aromatic heterocycles. The number of thiocarbonyl (C=S) groups is 1. The predicted octanol–water partition coefficient (Wildman–Crippen LogP) is 3.99. The Morgan fingerprint density at radius 3 is 2.52 bits per heavy atom. The molecule has 1 fully saturated rings. The molecule has 1 aliphatic rings. The predicted molar refractivity (Wildman–Crippen MR) is 115 cm³/mol. The van der Waals surface area contributed by atoms with E-state index < -0.39 is 0 Å². The lowest BCUT2D eigenvalue weighted by atomic mass is 10.0. The first-order chi connectivity index (χ1) is 13.0. The van der Waals surface area contributed by atoms with Crippen LogP contribution in [0.5, 0.6) is 0 Å². The average molecular weight is 383 g/mol. The maximum absolute atomic E-state index is 5.47. The summed E-state index contributed by atoms with van der Waals surface area (Å²) in [5.41, 5.74) is 2.75. The molecule has 1 saturated heterocycles. The molecule has 0 spiro atoms. The molecule has 1 aliphatic heterocycles. The SMILES string of the molecule is Cc1cc(C)nc(N/C(=N/C(=S)Nc2ccccc2)N2CCCC(C)C2)n1. The fraction of sp³-hybridized carbons (Fsp3) is 0.400. The number of aryl methyl sites for hydroxylation is 2. The van der Waals surface area contributed by atoms with Crippen LogP contribution in [0.4, 0.5) is 11.6 Å². The van der Waals surface area contributed by atoms with Crippen LogP contribution < -0.4 is 10.6 Å². The van der Waals surface area contributed by atoms with Crippen LogP contribution in [0.1, 0.15) is 31.2 Å². The monoisotopic (exact) mass is 382 g/mol. The topological polar surface area (TPSA) is 65.4 Å². The molecule has 0 radical (unpaired) electrons. The zero-order chi connectivity index (χ0) is 19.2. The van der Waals surface area contributed by atoms with Gasteiger partial charge in [0.15, 0.2) is 0 Å². The van der Waals surface area contributed by atoms with Gasteiger partial charge in [-0.2, -0.15) is 4.99 Å². The summed E-state index contributed by atoms with van der Waals surface area (Å²) in [7, 11) is 0. The number of aromatic nitrogens is 2. The number of rotatable bonds is 2. The van der Waals surface area contributed by atoms with E-state index in [1.54, 1.807) is 0 Å². The summed E-state index contributed by atoms with van der Waals surface area (Å²) in [5, 5.41) is 6.87. The van der Waals surface area contributed by atoms with Crippen molar-refractivity contribution in [1.29, 1.82) is 0 Å². The van der Waals surface area contributed by atoms with Crippen LogP contribution in [0.3, 0.4) is 0 Å². The third-order valence-electron chi connectivity index (χ3n) is 4.39. The largest absolute Gasteiger partial charge is 0.342 e. The summed E-state index contributed by atoms with van der Waals surface area (Å²) < 4.78 is 0. The van der Waals surface area contributed by atoms with E-state index >= 15 is 0 Å². The first-order valence-corrected chi connectivity index (χ1v) is 9.69. The molecule has 2 heterocycles. The highest BCUT2D eigenvalue weighted by Gasteiger charge is 2.21. The molecule has 0 saturated carbocycles. The van der Waals surface area contributed by atoms with E-state index in [1.165, 1.54) is 6.42 Å². The van der Waals surface area contributed by atoms with Gasteiger partial charge in [0.2, 0.25) is 17.0 Å². The number of benzene rings is 1. The highest BCUT2D eigenvalue weighted by molar-refractivity contribution is 7.80. The standard InChI is InChI=1S/C20H26N6S/c1-14-8-7-11-26(13-14)19(24-18-21-15(2)12-16(3)22-18)25-20(27)23-17-9-5-4-6-10-17/h4-6,9-10,12,14H,7-8,11,13H2,1-3H3,(H2,21,22,23,24,25,27). The molecule has 2 aromatic rings. The van der Waals surface area contributed by atoms with Gasteiger partial charge in [-0.15, -0.1) is 0 Å². The average Bonchev–Trinajstić information content (AvgIpc) is 2.61. The van der Waals surface area contributed by atoms with Crippen LogP contribution in [0, 0.1) is 19.8 Å². The second-order valence-corrected chi connectivity index (χ2v) is 7.41. The fourth-order valence-corrected chi connectivity index (χ4v) is 3.41. The highest BCUT2D eigenvalue weighted by Crippen LogP contribution is 2.17. The van der Waals surface area contributed by atoms with E-state index in [2.05, 4.69) is 37.4 Å². The summed E-state index contributed by atoms with van der Waals surface area (Å²) in [6, 6.07) is 11.8. The van der Waals surface area contributed by atoms with Crippen molar-refractivity contribution in [3.63, 3.8) is 0 Å². The van der Waals surface area contributed by atoms with E-state index in [1.807, 2.05) is 50.2 Å². The Morgan fingerprint density at radius 2 is 1.85 bits per heavy atom. The number of aliphatic imine (C=N–C) groups is 1. The van der Waals surface area contributed by atoms with Gasteiger partial charge in [0, 0.05) is 30.2 Å². The molecule has 1 aromatic carbocycles. The smallest absolute Gasteiger partial charge is 0.229 e. The Hall–Kier alpha value is -2.54. The van der Waals surface area contributed by atoms with E-state index in [0.717, 1.165) is 36.6 Å². The molecule has 6 nitrogen and oxygen atoms in total. The van der Waals surface area contributed by atoms with Crippen LogP contribution in [0.25, 0.3) is 0 Å². The summed E-state index contributed by atoms with van der Waals surface area (Å²) in [5.74, 6) is 1.86. The zero-order valence-corrected chi connectivity index (χ0v) is 16.9. The lowest BCUT2D eigenvalue weighted by Gasteiger charge is -2.33. The third-order valence-corrected chi connectivity index (χ3v) is 4.59. The minimum absolute atomic E-state index is 0.409. The van der Waals surface area contributed by atoms with Crippen LogP contribution in [-0.2, 0) is 0 Å². The maximum atomic E-state index is 5.47. The molecule has 0 aliphatic carbocycles. The fourth-order valence-electron chi connectivity index (χ4n) is 3.21. The number of likely N-dealkylation sites (tertiary alicyclic amines) is 1. The van der Waals surface area contributed by atoms with Crippen molar-refractivity contribution in [2.24, 2.45) is 10.9 Å². The molecule has 7 heteroatoms. The quantitative estimate of drug-likeness (QED) is 0.465. The Bertz CT molecular complexity index is 800. The van der Waals surface area contributed by atoms with E-state index in [4.69, 9.17) is 12.2 Å². The molecule has 1 atom stereocenters. The van der Waals surface area contributed by atoms with Gasteiger partial charge in [0.05, 0.1) is 0 Å². The Kier molecular flexibility index (Phi) is 6.34. The molecular formula is C20H26N6S. The van der Waals surface area contributed by atoms with Crippen molar-refractivity contribution in [2.45, 2.75) is 33.6 Å². The van der Waals surface area contributed by atoms with Crippen LogP contribution >= 0.6 is 12.2 Å². The molecular weight excluding hydrogens is 356 g/mol. The molecule has 2 N–H and O–H groups in total. The van der Waals surface area contributed by atoms with Crippen LogP contribution in [0.15, 0.2) is 41.4 Å². The summed E-state index contributed by atoms with van der Waals surface area (Å²) >= 11 is 5.47. The van der Waals surface area contributed by atoms with Gasteiger partial charge < -0.3 is 10.2 Å². The number of hydrogen-bond donors (Lipinski definition) is 2. The minimum Gasteiger partial charge on any atom is -0.342 e. The maximum Gasteiger partial charge on any atom is 0.229 e. The van der Waals surface area contributed by atoms with Gasteiger partial charge in [-0.25, -0.2) is 9.97 Å². The lowest BCUT2D eigenvalue weighted by molar-refractivity contribution is 0.273. The zero-order valence-electron chi connectivity index (χ0n) is 16.1. The molecule has 27 heavy (non-hydrogen) atoms. The lowest BCUT2D eigenvalue weighted by Crippen LogP contribution is -2.43. The van der Waals surface area contributed by atoms with Crippen molar-refractivity contribution in [2.75, 3.05) is 23.7 Å². The van der Waals surface area contributed by atoms with Gasteiger partial charge >= 0.3 is 0 Å². The number of hydrogen-bond acceptors (Lipinski definition) is 3. The van der Waals surface area contributed by atoms with Crippen molar-refractivity contribution in [1.82, 2.24) is 14.9 Å². The van der Waals surface area contributed by atoms with Gasteiger partial charge in [0.1, 0.15) is 0 Å². The first-order valence-electron chi connectivity index (χ1n) is 9.28. The molecule has 0 bridgehead atoms. The molecule has 0 amide bonds. The number of guanidine groups is 1. The summed E-state index contributed by atoms with van der Waals surface area (Å²) in [6.07, 6.45) is 2.37. The van der Waals surface area contributed by atoms with Crippen molar-refractivity contribution < 1.29 is 0 Å². The van der Waals surface area contributed by atoms with Gasteiger partial charge in [0.25, 0.3) is 0 Å². The van der Waals surface area contributed by atoms with Gasteiger partial charge in [-0.05, 0) is 63.0 Å². The Balaban J connectivity index is 1.83. The molecule has 142 valence electrons. The van der Waals surface area contributed by atoms with Gasteiger partial charge in [-0.1, -0.05) is 25.1 Å². The van der Waals surface area contributed by atoms with Crippen LogP contribution in [0.2, 0.25) is 0 Å². The number of piperidine rings is 1. The summed E-state index contributed by atoms with van der Waals surface area (Å²) in [4.78, 5) is 15.9. The Morgan fingerprint density at radius 1 is 1.15 bits per heavy atom. The van der Waals surface area contributed by atoms with Crippen molar-refractivity contribution in [3.05, 3.63) is 47.8 Å². The normalized spacial score (nSPS) is 17.5. The second-order valence-electron chi connectivity index (χ2n) is 7.02. The van der Waals surface area contributed by atoms with Crippen molar-refractivity contribution in [3.8, 4) is 0 Å². The number of nitrogens with zero attached hydrogens (tertiary/aromatic N) is 4. The Labute approximate surface area is 166 Å². The molecule has 3 rings (SSSR count). The highest BCUT2D eigenvalue weighted by atomic mass is 32.1. The van der Waals surface area contributed by atoms with Crippen LogP contribution in [-0.4, -0.2) is 39.0 Å². The molecule has 1 unspecified atom stereocenters. The first kappa shape index (κ1) is 19.2. The van der Waals surface area contributed by atoms with Crippen molar-refractivity contribution >= 4 is 34.9 Å². The minimum atomic E-state index is 0.409. The van der Waals surface area contributed by atoms with Gasteiger partial charge in [-0.3, -0.25) is 5.32 Å². The summed E-state index contributed by atoms with van der Waals surface area (Å²) in [6.45, 7) is 8.06. The number of anilines is 2. The number of para-hydroxylation sites is 1. The number of nitrogens with one attached hydrogen (secondary N) is 2. The second kappa shape index (κ2) is 8.90. The van der Waals surface area contributed by atoms with E-state index in [-0.39, 0.29) is 0 Å². The van der Waals surface area contributed by atoms with E-state index in [0.29, 0.717) is 22.9 Å². The van der Waals surface area contributed by atoms with E-state index in [9.17, 15) is 0 Å².